The molecular weight excluding hydrogens is 522 g/mol. The minimum atomic E-state index is -0.473. The summed E-state index contributed by atoms with van der Waals surface area (Å²) in [5, 5.41) is 13.4. The fraction of sp³-hybridized carbons (Fsp3) is 0.219. The Morgan fingerprint density at radius 1 is 0.950 bits per heavy atom. The zero-order chi connectivity index (χ0) is 28.6. The van der Waals surface area contributed by atoms with Crippen molar-refractivity contribution in [3.63, 3.8) is 0 Å². The predicted molar refractivity (Wildman–Crippen MR) is 159 cm³/mol. The average molecular weight is 554 g/mol. The van der Waals surface area contributed by atoms with Gasteiger partial charge in [0.25, 0.3) is 0 Å². The maximum absolute atomic E-state index is 13.3. The third-order valence-corrected chi connectivity index (χ3v) is 7.70. The van der Waals surface area contributed by atoms with Gasteiger partial charge in [0.2, 0.25) is 11.7 Å². The first kappa shape index (κ1) is 28.5. The Morgan fingerprint density at radius 3 is 2.23 bits per heavy atom. The standard InChI is InChI=1S/C32H31N3O4S/c1-6-29(31(36)34-23-14-10-11-20(2)15-23)40-32-25(19-33)24(18-26(35-32)21-12-8-7-9-13-21)22-16-27(37-3)30(39-5)28(17-22)38-4/h7-18,29H,6H2,1-5H3,(H,34,36). The molecule has 0 aliphatic carbocycles. The molecule has 1 amide bonds. The van der Waals surface area contributed by atoms with Gasteiger partial charge in [-0.15, -0.1) is 0 Å². The van der Waals surface area contributed by atoms with Gasteiger partial charge in [0.1, 0.15) is 11.1 Å². The Balaban J connectivity index is 1.84. The third kappa shape index (κ3) is 6.22. The first-order valence-corrected chi connectivity index (χ1v) is 13.6. The maximum atomic E-state index is 13.3. The topological polar surface area (TPSA) is 93.5 Å². The van der Waals surface area contributed by atoms with Gasteiger partial charge in [0.05, 0.1) is 37.8 Å². The van der Waals surface area contributed by atoms with E-state index in [0.717, 1.165) is 16.8 Å². The number of nitriles is 1. The number of hydrogen-bond donors (Lipinski definition) is 1. The highest BCUT2D eigenvalue weighted by Crippen LogP contribution is 2.44. The summed E-state index contributed by atoms with van der Waals surface area (Å²) in [6, 6.07) is 25.2. The van der Waals surface area contributed by atoms with Crippen LogP contribution in [0.5, 0.6) is 17.2 Å². The van der Waals surface area contributed by atoms with Gasteiger partial charge < -0.3 is 19.5 Å². The van der Waals surface area contributed by atoms with Crippen LogP contribution in [0.15, 0.2) is 77.8 Å². The van der Waals surface area contributed by atoms with Crippen molar-refractivity contribution < 1.29 is 19.0 Å². The summed E-state index contributed by atoms with van der Waals surface area (Å²) < 4.78 is 16.6. The maximum Gasteiger partial charge on any atom is 0.237 e. The van der Waals surface area contributed by atoms with Crippen LogP contribution in [0.2, 0.25) is 0 Å². The van der Waals surface area contributed by atoms with Crippen molar-refractivity contribution in [3.05, 3.63) is 83.9 Å². The molecule has 1 heterocycles. The van der Waals surface area contributed by atoms with Crippen molar-refractivity contribution in [2.75, 3.05) is 26.6 Å². The van der Waals surface area contributed by atoms with Crippen LogP contribution in [0.4, 0.5) is 5.69 Å². The van der Waals surface area contributed by atoms with E-state index in [2.05, 4.69) is 11.4 Å². The third-order valence-electron chi connectivity index (χ3n) is 6.35. The summed E-state index contributed by atoms with van der Waals surface area (Å²) in [5.74, 6) is 1.25. The fourth-order valence-electron chi connectivity index (χ4n) is 4.34. The summed E-state index contributed by atoms with van der Waals surface area (Å²) in [4.78, 5) is 18.2. The molecular formula is C32H31N3O4S. The number of thioether (sulfide) groups is 1. The molecule has 0 aliphatic heterocycles. The van der Waals surface area contributed by atoms with Gasteiger partial charge in [-0.05, 0) is 54.8 Å². The highest BCUT2D eigenvalue weighted by Gasteiger charge is 2.25. The van der Waals surface area contributed by atoms with E-state index >= 15 is 0 Å². The molecule has 0 fully saturated rings. The lowest BCUT2D eigenvalue weighted by Gasteiger charge is -2.19. The summed E-state index contributed by atoms with van der Waals surface area (Å²) in [7, 11) is 4.64. The van der Waals surface area contributed by atoms with Crippen molar-refractivity contribution >= 4 is 23.4 Å². The normalized spacial score (nSPS) is 11.3. The number of nitrogens with one attached hydrogen (secondary N) is 1. The van der Waals surface area contributed by atoms with Crippen molar-refractivity contribution in [2.45, 2.75) is 30.5 Å². The van der Waals surface area contributed by atoms with E-state index in [1.807, 2.05) is 86.6 Å². The van der Waals surface area contributed by atoms with Gasteiger partial charge >= 0.3 is 0 Å². The Labute approximate surface area is 239 Å². The number of rotatable bonds is 10. The van der Waals surface area contributed by atoms with Crippen molar-refractivity contribution in [3.8, 4) is 45.7 Å². The summed E-state index contributed by atoms with van der Waals surface area (Å²) in [5.41, 5.74) is 5.06. The van der Waals surface area contributed by atoms with Crippen LogP contribution < -0.4 is 19.5 Å². The molecule has 1 atom stereocenters. The minimum Gasteiger partial charge on any atom is -0.493 e. The monoisotopic (exact) mass is 553 g/mol. The number of aromatic nitrogens is 1. The molecule has 1 N–H and O–H groups in total. The number of aryl methyl sites for hydroxylation is 1. The van der Waals surface area contributed by atoms with Crippen molar-refractivity contribution in [1.82, 2.24) is 4.98 Å². The highest BCUT2D eigenvalue weighted by atomic mass is 32.2. The smallest absolute Gasteiger partial charge is 0.237 e. The quantitative estimate of drug-likeness (QED) is 0.209. The molecule has 1 unspecified atom stereocenters. The van der Waals surface area contributed by atoms with E-state index in [1.54, 1.807) is 21.3 Å². The Kier molecular flexibility index (Phi) is 9.31. The van der Waals surface area contributed by atoms with Gasteiger partial charge in [-0.2, -0.15) is 5.26 Å². The van der Waals surface area contributed by atoms with E-state index in [0.29, 0.717) is 51.1 Å². The Hall–Kier alpha value is -4.48. The molecule has 204 valence electrons. The second-order valence-corrected chi connectivity index (χ2v) is 10.2. The van der Waals surface area contributed by atoms with Gasteiger partial charge in [0, 0.05) is 16.8 Å². The molecule has 1 aromatic heterocycles. The van der Waals surface area contributed by atoms with E-state index in [-0.39, 0.29) is 5.91 Å². The number of ether oxygens (including phenoxy) is 3. The zero-order valence-corrected chi connectivity index (χ0v) is 24.0. The molecule has 4 aromatic rings. The first-order valence-electron chi connectivity index (χ1n) is 12.8. The number of carbonyl (C=O) groups excluding carboxylic acids is 1. The number of benzene rings is 3. The molecule has 8 heteroatoms. The van der Waals surface area contributed by atoms with Crippen LogP contribution in [0.25, 0.3) is 22.4 Å². The molecule has 4 rings (SSSR count). The number of methoxy groups -OCH3 is 3. The second-order valence-electron chi connectivity index (χ2n) is 9.00. The second kappa shape index (κ2) is 13.0. The Bertz CT molecular complexity index is 1530. The van der Waals surface area contributed by atoms with Gasteiger partial charge in [0.15, 0.2) is 11.5 Å². The van der Waals surface area contributed by atoms with Crippen LogP contribution >= 0.6 is 11.8 Å². The van der Waals surface area contributed by atoms with Crippen LogP contribution in [0.1, 0.15) is 24.5 Å². The highest BCUT2D eigenvalue weighted by molar-refractivity contribution is 8.00. The molecule has 40 heavy (non-hydrogen) atoms. The van der Waals surface area contributed by atoms with Gasteiger partial charge in [-0.1, -0.05) is 61.2 Å². The summed E-state index contributed by atoms with van der Waals surface area (Å²) in [6.45, 7) is 3.92. The first-order chi connectivity index (χ1) is 19.4. The number of anilines is 1. The van der Waals surface area contributed by atoms with Crippen LogP contribution in [0, 0.1) is 18.3 Å². The molecule has 0 spiro atoms. The van der Waals surface area contributed by atoms with E-state index < -0.39 is 5.25 Å². The van der Waals surface area contributed by atoms with E-state index in [9.17, 15) is 10.1 Å². The molecule has 0 saturated heterocycles. The minimum absolute atomic E-state index is 0.150. The van der Waals surface area contributed by atoms with Crippen molar-refractivity contribution in [2.24, 2.45) is 0 Å². The molecule has 0 radical (unpaired) electrons. The zero-order valence-electron chi connectivity index (χ0n) is 23.1. The van der Waals surface area contributed by atoms with Crippen LogP contribution in [-0.4, -0.2) is 37.5 Å². The van der Waals surface area contributed by atoms with E-state index in [1.165, 1.54) is 11.8 Å². The number of pyridine rings is 1. The lowest BCUT2D eigenvalue weighted by Crippen LogP contribution is -2.25. The molecule has 7 nitrogen and oxygen atoms in total. The number of hydrogen-bond acceptors (Lipinski definition) is 7. The number of amides is 1. The Morgan fingerprint density at radius 2 is 1.65 bits per heavy atom. The summed E-state index contributed by atoms with van der Waals surface area (Å²) >= 11 is 1.28. The van der Waals surface area contributed by atoms with Gasteiger partial charge in [-0.25, -0.2) is 4.98 Å². The predicted octanol–water partition coefficient (Wildman–Crippen LogP) is 7.13. The molecule has 0 saturated carbocycles. The largest absolute Gasteiger partial charge is 0.493 e. The van der Waals surface area contributed by atoms with E-state index in [4.69, 9.17) is 19.2 Å². The van der Waals surface area contributed by atoms with Crippen molar-refractivity contribution in [1.29, 1.82) is 5.26 Å². The molecule has 0 aliphatic rings. The lowest BCUT2D eigenvalue weighted by molar-refractivity contribution is -0.115. The molecule has 0 bridgehead atoms. The number of carbonyl (C=O) groups is 1. The molecule has 3 aromatic carbocycles. The number of nitrogens with zero attached hydrogens (tertiary/aromatic N) is 2. The summed E-state index contributed by atoms with van der Waals surface area (Å²) in [6.07, 6.45) is 0.546. The van der Waals surface area contributed by atoms with Crippen LogP contribution in [0.3, 0.4) is 0 Å². The SMILES string of the molecule is CCC(Sc1nc(-c2ccccc2)cc(-c2cc(OC)c(OC)c(OC)c2)c1C#N)C(=O)Nc1cccc(C)c1. The van der Waals surface area contributed by atoms with Crippen LogP contribution in [-0.2, 0) is 4.79 Å². The fourth-order valence-corrected chi connectivity index (χ4v) is 5.37. The average Bonchev–Trinajstić information content (AvgIpc) is 2.98. The van der Waals surface area contributed by atoms with Gasteiger partial charge in [-0.3, -0.25) is 4.79 Å². The lowest BCUT2D eigenvalue weighted by atomic mass is 9.98.